The van der Waals surface area contributed by atoms with Crippen LogP contribution in [0.5, 0.6) is 0 Å². The van der Waals surface area contributed by atoms with Crippen molar-refractivity contribution < 1.29 is 26.4 Å². The second kappa shape index (κ2) is 10.1. The van der Waals surface area contributed by atoms with E-state index in [0.717, 1.165) is 10.6 Å². The molecule has 3 N–H and O–H groups in total. The number of nitrogens with zero attached hydrogens (tertiary/aromatic N) is 4. The zero-order valence-corrected chi connectivity index (χ0v) is 19.7. The number of amides is 1. The minimum Gasteiger partial charge on any atom is -0.364 e. The molecule has 1 amide bonds. The second-order valence-corrected chi connectivity index (χ2v) is 9.41. The van der Waals surface area contributed by atoms with Crippen molar-refractivity contribution in [3.63, 3.8) is 0 Å². The molecule has 1 aromatic carbocycles. The first-order valence-corrected chi connectivity index (χ1v) is 11.9. The molecule has 0 aliphatic rings. The highest BCUT2D eigenvalue weighted by atomic mass is 32.2. The van der Waals surface area contributed by atoms with Crippen molar-refractivity contribution >= 4 is 44.8 Å². The highest BCUT2D eigenvalue weighted by Crippen LogP contribution is 2.34. The monoisotopic (exact) mass is 509 g/mol. The third-order valence-corrected chi connectivity index (χ3v) is 5.85. The number of carbonyl (C=O) groups is 1. The lowest BCUT2D eigenvalue weighted by molar-refractivity contribution is -0.137. The first-order valence-electron chi connectivity index (χ1n) is 10.0. The van der Waals surface area contributed by atoms with Gasteiger partial charge in [-0.2, -0.15) is 18.2 Å². The lowest BCUT2D eigenvalue weighted by Gasteiger charge is -2.20. The van der Waals surface area contributed by atoms with Crippen LogP contribution in [-0.4, -0.2) is 42.6 Å². The molecular formula is C21H22F3N7O3S. The van der Waals surface area contributed by atoms with E-state index in [2.05, 4.69) is 30.9 Å². The van der Waals surface area contributed by atoms with Crippen molar-refractivity contribution in [2.75, 3.05) is 33.6 Å². The number of halogens is 3. The Morgan fingerprint density at radius 2 is 1.83 bits per heavy atom. The molecule has 35 heavy (non-hydrogen) atoms. The Bertz CT molecular complexity index is 1330. The van der Waals surface area contributed by atoms with Crippen LogP contribution in [0.2, 0.25) is 0 Å². The minimum atomic E-state index is -4.75. The lowest BCUT2D eigenvalue weighted by atomic mass is 10.2. The van der Waals surface area contributed by atoms with Crippen LogP contribution in [0.3, 0.4) is 0 Å². The van der Waals surface area contributed by atoms with Crippen molar-refractivity contribution in [3.8, 4) is 0 Å². The van der Waals surface area contributed by atoms with Crippen LogP contribution < -0.4 is 20.3 Å². The Morgan fingerprint density at radius 1 is 1.11 bits per heavy atom. The van der Waals surface area contributed by atoms with Gasteiger partial charge in [-0.05, 0) is 30.3 Å². The average molecular weight is 510 g/mol. The van der Waals surface area contributed by atoms with Gasteiger partial charge >= 0.3 is 6.18 Å². The normalized spacial score (nSPS) is 11.6. The van der Waals surface area contributed by atoms with E-state index < -0.39 is 27.6 Å². The Morgan fingerprint density at radius 3 is 2.49 bits per heavy atom. The van der Waals surface area contributed by atoms with Crippen LogP contribution in [0.15, 0.2) is 48.8 Å². The van der Waals surface area contributed by atoms with Crippen molar-refractivity contribution in [1.82, 2.24) is 15.0 Å². The number of aromatic nitrogens is 3. The van der Waals surface area contributed by atoms with Gasteiger partial charge in [0, 0.05) is 37.7 Å². The van der Waals surface area contributed by atoms with Crippen LogP contribution in [0.1, 0.15) is 18.2 Å². The summed E-state index contributed by atoms with van der Waals surface area (Å²) in [5, 5.41) is 7.99. The number of carbonyl (C=O) groups excluding carboxylic acids is 1. The second-order valence-electron chi connectivity index (χ2n) is 7.39. The van der Waals surface area contributed by atoms with E-state index in [1.165, 1.54) is 32.3 Å². The van der Waals surface area contributed by atoms with E-state index in [4.69, 9.17) is 0 Å². The lowest BCUT2D eigenvalue weighted by Crippen LogP contribution is -2.26. The fourth-order valence-electron chi connectivity index (χ4n) is 2.99. The number of rotatable bonds is 8. The molecule has 0 radical (unpaired) electrons. The minimum absolute atomic E-state index is 0.130. The Balaban J connectivity index is 1.90. The summed E-state index contributed by atoms with van der Waals surface area (Å²) < 4.78 is 65.6. The number of benzene rings is 1. The number of hydrogen-bond donors (Lipinski definition) is 3. The number of hydrogen-bond acceptors (Lipinski definition) is 8. The van der Waals surface area contributed by atoms with Crippen LogP contribution in [-0.2, 0) is 27.5 Å². The molecule has 186 valence electrons. The van der Waals surface area contributed by atoms with Gasteiger partial charge in [-0.25, -0.2) is 13.4 Å². The fraction of sp³-hybridized carbons (Fsp3) is 0.238. The molecule has 0 aliphatic carbocycles. The molecule has 10 nitrogen and oxygen atoms in total. The molecule has 14 heteroatoms. The molecule has 0 saturated carbocycles. The van der Waals surface area contributed by atoms with Gasteiger partial charge in [0.2, 0.25) is 21.9 Å². The average Bonchev–Trinajstić information content (AvgIpc) is 2.76. The highest BCUT2D eigenvalue weighted by molar-refractivity contribution is 7.92. The predicted molar refractivity (Wildman–Crippen MR) is 126 cm³/mol. The SMILES string of the molecule is CC(=O)Nc1cccc(Nc2ncc(C(F)(F)F)c(NCc3ncccc3N(C)S(C)(=O)=O)n2)c1. The summed E-state index contributed by atoms with van der Waals surface area (Å²) in [7, 11) is -2.30. The molecule has 0 bridgehead atoms. The third kappa shape index (κ3) is 6.79. The number of alkyl halides is 3. The topological polar surface area (TPSA) is 129 Å². The van der Waals surface area contributed by atoms with Crippen molar-refractivity contribution in [3.05, 3.63) is 60.0 Å². The number of nitrogens with one attached hydrogen (secondary N) is 3. The summed E-state index contributed by atoms with van der Waals surface area (Å²) in [6.07, 6.45) is -1.71. The summed E-state index contributed by atoms with van der Waals surface area (Å²) in [6.45, 7) is 1.10. The van der Waals surface area contributed by atoms with Crippen LogP contribution in [0.25, 0.3) is 0 Å². The molecule has 0 spiro atoms. The van der Waals surface area contributed by atoms with Gasteiger partial charge in [-0.15, -0.1) is 0 Å². The largest absolute Gasteiger partial charge is 0.421 e. The highest BCUT2D eigenvalue weighted by Gasteiger charge is 2.35. The maximum absolute atomic E-state index is 13.6. The van der Waals surface area contributed by atoms with E-state index in [-0.39, 0.29) is 29.8 Å². The van der Waals surface area contributed by atoms with Crippen molar-refractivity contribution in [1.29, 1.82) is 0 Å². The maximum Gasteiger partial charge on any atom is 0.421 e. The molecule has 2 heterocycles. The van der Waals surface area contributed by atoms with E-state index in [0.29, 0.717) is 17.6 Å². The van der Waals surface area contributed by atoms with Gasteiger partial charge in [-0.1, -0.05) is 6.07 Å². The van der Waals surface area contributed by atoms with Crippen molar-refractivity contribution in [2.24, 2.45) is 0 Å². The first kappa shape index (κ1) is 25.7. The first-order chi connectivity index (χ1) is 16.3. The van der Waals surface area contributed by atoms with Crippen molar-refractivity contribution in [2.45, 2.75) is 19.6 Å². The van der Waals surface area contributed by atoms with E-state index in [1.54, 1.807) is 24.3 Å². The zero-order chi connectivity index (χ0) is 25.8. The quantitative estimate of drug-likeness (QED) is 0.420. The molecule has 0 unspecified atom stereocenters. The Labute approximate surface area is 199 Å². The van der Waals surface area contributed by atoms with Gasteiger partial charge in [0.15, 0.2) is 0 Å². The summed E-state index contributed by atoms with van der Waals surface area (Å²) in [6, 6.07) is 9.48. The summed E-state index contributed by atoms with van der Waals surface area (Å²) in [5.41, 5.74) is 0.209. The maximum atomic E-state index is 13.6. The van der Waals surface area contributed by atoms with E-state index >= 15 is 0 Å². The number of anilines is 5. The Kier molecular flexibility index (Phi) is 7.43. The summed E-state index contributed by atoms with van der Waals surface area (Å²) >= 11 is 0. The van der Waals surface area contributed by atoms with Crippen LogP contribution >= 0.6 is 0 Å². The molecular weight excluding hydrogens is 487 g/mol. The smallest absolute Gasteiger partial charge is 0.364 e. The van der Waals surface area contributed by atoms with Crippen LogP contribution in [0, 0.1) is 0 Å². The molecule has 0 atom stereocenters. The van der Waals surface area contributed by atoms with Gasteiger partial charge in [0.25, 0.3) is 0 Å². The standard InChI is InChI=1S/C21H22F3N7O3S/c1-13(32)28-14-6-4-7-15(10-14)29-20-27-11-16(21(22,23)24)19(30-20)26-12-17-18(8-5-9-25-17)31(2)35(3,33)34/h4-11H,12H2,1-3H3,(H,28,32)(H2,26,27,29,30). The molecule has 0 aliphatic heterocycles. The number of sulfonamides is 1. The zero-order valence-electron chi connectivity index (χ0n) is 18.9. The molecule has 3 aromatic rings. The molecule has 0 fully saturated rings. The molecule has 3 rings (SSSR count). The van der Waals surface area contributed by atoms with Gasteiger partial charge in [0.05, 0.1) is 24.2 Å². The molecule has 0 saturated heterocycles. The van der Waals surface area contributed by atoms with E-state index in [9.17, 15) is 26.4 Å². The van der Waals surface area contributed by atoms with Gasteiger partial charge in [0.1, 0.15) is 11.4 Å². The summed E-state index contributed by atoms with van der Waals surface area (Å²) in [5.74, 6) is -0.934. The van der Waals surface area contributed by atoms with E-state index in [1.807, 2.05) is 0 Å². The van der Waals surface area contributed by atoms with Gasteiger partial charge < -0.3 is 16.0 Å². The third-order valence-electron chi connectivity index (χ3n) is 4.66. The fourth-order valence-corrected chi connectivity index (χ4v) is 3.51. The van der Waals surface area contributed by atoms with Crippen LogP contribution in [0.4, 0.5) is 42.0 Å². The predicted octanol–water partition coefficient (Wildman–Crippen LogP) is 3.60. The van der Waals surface area contributed by atoms with Gasteiger partial charge in [-0.3, -0.25) is 14.1 Å². The molecule has 2 aromatic heterocycles. The Hall–Kier alpha value is -3.94. The number of pyridine rings is 1. The summed E-state index contributed by atoms with van der Waals surface area (Å²) in [4.78, 5) is 23.1.